The highest BCUT2D eigenvalue weighted by molar-refractivity contribution is 5.55. The minimum absolute atomic E-state index is 0.180. The van der Waals surface area contributed by atoms with Crippen LogP contribution in [0.3, 0.4) is 0 Å². The first kappa shape index (κ1) is 15.8. The molecule has 0 aliphatic carbocycles. The predicted octanol–water partition coefficient (Wildman–Crippen LogP) is 4.36. The molecule has 0 bridgehead atoms. The fourth-order valence-electron chi connectivity index (χ4n) is 2.25. The maximum Gasteiger partial charge on any atom is 0.254 e. The molecule has 0 unspecified atom stereocenters. The summed E-state index contributed by atoms with van der Waals surface area (Å²) < 4.78 is 16.7. The Hall–Kier alpha value is -3.08. The van der Waals surface area contributed by atoms with Gasteiger partial charge in [0.2, 0.25) is 5.89 Å². The lowest BCUT2D eigenvalue weighted by Gasteiger charge is -2.09. The highest BCUT2D eigenvalue weighted by atomic mass is 16.5. The first-order valence-corrected chi connectivity index (χ1v) is 7.61. The molecule has 0 saturated carbocycles. The molecule has 2 aromatic carbocycles. The summed E-state index contributed by atoms with van der Waals surface area (Å²) in [5, 5.41) is 8.06. The molecule has 3 aromatic rings. The van der Waals surface area contributed by atoms with Gasteiger partial charge in [0, 0.05) is 5.56 Å². The van der Waals surface area contributed by atoms with Crippen LogP contribution in [0, 0.1) is 0 Å². The number of rotatable bonds is 6. The van der Waals surface area contributed by atoms with E-state index in [4.69, 9.17) is 13.9 Å². The number of methoxy groups -OCH3 is 1. The summed E-state index contributed by atoms with van der Waals surface area (Å²) in [4.78, 5) is 0. The van der Waals surface area contributed by atoms with Crippen LogP contribution < -0.4 is 9.47 Å². The second-order valence-corrected chi connectivity index (χ2v) is 5.07. The van der Waals surface area contributed by atoms with Crippen LogP contribution in [-0.2, 0) is 6.61 Å². The van der Waals surface area contributed by atoms with Gasteiger partial charge in [-0.15, -0.1) is 10.2 Å². The van der Waals surface area contributed by atoms with Crippen LogP contribution in [0.4, 0.5) is 0 Å². The van der Waals surface area contributed by atoms with Crippen LogP contribution in [0.5, 0.6) is 11.5 Å². The van der Waals surface area contributed by atoms with Crippen molar-refractivity contribution in [1.82, 2.24) is 10.2 Å². The number of nitrogens with zero attached hydrogens (tertiary/aromatic N) is 2. The monoisotopic (exact) mass is 322 g/mol. The Morgan fingerprint density at radius 1 is 1.04 bits per heavy atom. The number of hydrogen-bond acceptors (Lipinski definition) is 5. The summed E-state index contributed by atoms with van der Waals surface area (Å²) in [6, 6.07) is 15.4. The van der Waals surface area contributed by atoms with Crippen molar-refractivity contribution in [2.45, 2.75) is 13.5 Å². The molecule has 0 aliphatic rings. The van der Waals surface area contributed by atoms with E-state index in [1.165, 1.54) is 0 Å². The Labute approximate surface area is 140 Å². The zero-order chi connectivity index (χ0) is 16.8. The van der Waals surface area contributed by atoms with Gasteiger partial charge in [-0.3, -0.25) is 0 Å². The Balaban J connectivity index is 1.71. The van der Waals surface area contributed by atoms with Gasteiger partial charge in [0.15, 0.2) is 18.1 Å². The van der Waals surface area contributed by atoms with Gasteiger partial charge in [-0.2, -0.15) is 0 Å². The van der Waals surface area contributed by atoms with Crippen molar-refractivity contribution in [2.24, 2.45) is 0 Å². The minimum Gasteiger partial charge on any atom is -0.493 e. The summed E-state index contributed by atoms with van der Waals surface area (Å²) in [6.45, 7) is 2.15. The molecule has 0 aliphatic heterocycles. The topological polar surface area (TPSA) is 57.4 Å². The van der Waals surface area contributed by atoms with Crippen LogP contribution in [0.15, 0.2) is 59.0 Å². The Morgan fingerprint density at radius 3 is 2.62 bits per heavy atom. The van der Waals surface area contributed by atoms with Crippen molar-refractivity contribution in [3.05, 3.63) is 66.1 Å². The van der Waals surface area contributed by atoms with E-state index in [-0.39, 0.29) is 6.61 Å². The molecule has 5 heteroatoms. The lowest BCUT2D eigenvalue weighted by atomic mass is 10.2. The van der Waals surface area contributed by atoms with E-state index in [0.29, 0.717) is 23.3 Å². The molecular weight excluding hydrogens is 304 g/mol. The van der Waals surface area contributed by atoms with E-state index in [1.807, 2.05) is 67.6 Å². The lowest BCUT2D eigenvalue weighted by molar-refractivity contribution is 0.251. The molecule has 0 saturated heterocycles. The van der Waals surface area contributed by atoms with Crippen LogP contribution >= 0.6 is 0 Å². The van der Waals surface area contributed by atoms with Crippen molar-refractivity contribution in [2.75, 3.05) is 7.11 Å². The molecule has 24 heavy (non-hydrogen) atoms. The highest BCUT2D eigenvalue weighted by Gasteiger charge is 2.10. The van der Waals surface area contributed by atoms with E-state index in [1.54, 1.807) is 7.11 Å². The molecule has 0 radical (unpaired) electrons. The van der Waals surface area contributed by atoms with E-state index in [0.717, 1.165) is 11.1 Å². The molecule has 0 amide bonds. The molecule has 122 valence electrons. The van der Waals surface area contributed by atoms with E-state index in [2.05, 4.69) is 10.2 Å². The van der Waals surface area contributed by atoms with E-state index in [9.17, 15) is 0 Å². The zero-order valence-corrected chi connectivity index (χ0v) is 13.6. The number of aromatic nitrogens is 2. The molecule has 0 fully saturated rings. The first-order valence-electron chi connectivity index (χ1n) is 7.61. The maximum absolute atomic E-state index is 5.75. The Morgan fingerprint density at radius 2 is 1.88 bits per heavy atom. The summed E-state index contributed by atoms with van der Waals surface area (Å²) in [5.41, 5.74) is 1.93. The summed E-state index contributed by atoms with van der Waals surface area (Å²) in [7, 11) is 1.61. The smallest absolute Gasteiger partial charge is 0.254 e. The van der Waals surface area contributed by atoms with Crippen molar-refractivity contribution >= 4 is 6.08 Å². The molecular formula is C19H18N2O3. The average Bonchev–Trinajstić information content (AvgIpc) is 3.10. The predicted molar refractivity (Wildman–Crippen MR) is 91.8 cm³/mol. The number of ether oxygens (including phenoxy) is 2. The second kappa shape index (κ2) is 7.46. The zero-order valence-electron chi connectivity index (χ0n) is 13.6. The summed E-state index contributed by atoms with van der Waals surface area (Å²) in [5.74, 6) is 2.18. The Bertz CT molecular complexity index is 826. The lowest BCUT2D eigenvalue weighted by Crippen LogP contribution is -1.98. The molecule has 5 nitrogen and oxygen atoms in total. The largest absolute Gasteiger partial charge is 0.493 e. The maximum atomic E-state index is 5.75. The van der Waals surface area contributed by atoms with Crippen molar-refractivity contribution in [3.8, 4) is 23.0 Å². The van der Waals surface area contributed by atoms with E-state index >= 15 is 0 Å². The van der Waals surface area contributed by atoms with Crippen LogP contribution in [0.1, 0.15) is 18.4 Å². The van der Waals surface area contributed by atoms with Crippen LogP contribution in [0.25, 0.3) is 17.5 Å². The van der Waals surface area contributed by atoms with Crippen molar-refractivity contribution in [1.29, 1.82) is 0 Å². The summed E-state index contributed by atoms with van der Waals surface area (Å²) in [6.07, 6.45) is 3.97. The fourth-order valence-corrected chi connectivity index (χ4v) is 2.25. The van der Waals surface area contributed by atoms with Crippen molar-refractivity contribution in [3.63, 3.8) is 0 Å². The third-order valence-electron chi connectivity index (χ3n) is 3.39. The quantitative estimate of drug-likeness (QED) is 0.675. The second-order valence-electron chi connectivity index (χ2n) is 5.07. The summed E-state index contributed by atoms with van der Waals surface area (Å²) >= 11 is 0. The minimum atomic E-state index is 0.180. The van der Waals surface area contributed by atoms with Gasteiger partial charge in [-0.25, -0.2) is 0 Å². The average molecular weight is 322 g/mol. The first-order chi connectivity index (χ1) is 11.8. The number of allylic oxidation sites excluding steroid dienone is 1. The highest BCUT2D eigenvalue weighted by Crippen LogP contribution is 2.29. The molecule has 3 rings (SSSR count). The normalized spacial score (nSPS) is 10.9. The SMILES string of the molecule is C/C=C/c1ccc(OCc2nnc(-c3ccccc3)o2)c(OC)c1. The molecule has 1 heterocycles. The molecule has 0 atom stereocenters. The van der Waals surface area contributed by atoms with E-state index < -0.39 is 0 Å². The van der Waals surface area contributed by atoms with Gasteiger partial charge < -0.3 is 13.9 Å². The van der Waals surface area contributed by atoms with Gasteiger partial charge >= 0.3 is 0 Å². The standard InChI is InChI=1S/C19H18N2O3/c1-3-7-14-10-11-16(17(12-14)22-2)23-13-18-20-21-19(24-18)15-8-5-4-6-9-15/h3-12H,13H2,1-2H3/b7-3+. The number of benzene rings is 2. The van der Waals surface area contributed by atoms with Gasteiger partial charge in [0.1, 0.15) is 0 Å². The van der Waals surface area contributed by atoms with Crippen molar-refractivity contribution < 1.29 is 13.9 Å². The molecule has 0 N–H and O–H groups in total. The third kappa shape index (κ3) is 3.63. The van der Waals surface area contributed by atoms with Gasteiger partial charge in [-0.1, -0.05) is 36.4 Å². The third-order valence-corrected chi connectivity index (χ3v) is 3.39. The van der Waals surface area contributed by atoms with Crippen LogP contribution in [-0.4, -0.2) is 17.3 Å². The van der Waals surface area contributed by atoms with Gasteiger partial charge in [0.25, 0.3) is 5.89 Å². The van der Waals surface area contributed by atoms with Crippen LogP contribution in [0.2, 0.25) is 0 Å². The molecule has 0 spiro atoms. The molecule has 1 aromatic heterocycles. The number of hydrogen-bond donors (Lipinski definition) is 0. The van der Waals surface area contributed by atoms with Gasteiger partial charge in [-0.05, 0) is 36.8 Å². The Kier molecular flexibility index (Phi) is 4.91. The fraction of sp³-hybridized carbons (Fsp3) is 0.158. The van der Waals surface area contributed by atoms with Gasteiger partial charge in [0.05, 0.1) is 7.11 Å².